The molecule has 0 radical (unpaired) electrons. The predicted octanol–water partition coefficient (Wildman–Crippen LogP) is 0.486. The molecule has 1 rings (SSSR count). The Labute approximate surface area is 84.4 Å². The largest absolute Gasteiger partial charge is 0.379 e. The first-order valence-electron chi connectivity index (χ1n) is 4.68. The van der Waals surface area contributed by atoms with Crippen LogP contribution in [0.1, 0.15) is 20.3 Å². The van der Waals surface area contributed by atoms with Crippen molar-refractivity contribution in [3.63, 3.8) is 0 Å². The summed E-state index contributed by atoms with van der Waals surface area (Å²) in [6.45, 7) is 4.85. The topological polar surface area (TPSA) is 50.4 Å². The van der Waals surface area contributed by atoms with E-state index >= 15 is 0 Å². The maximum Gasteiger partial charge on any atom is 0.316 e. The van der Waals surface area contributed by atoms with Gasteiger partial charge < -0.3 is 15.4 Å². The van der Waals surface area contributed by atoms with E-state index in [0.29, 0.717) is 13.2 Å². The molecule has 2 amide bonds. The maximum absolute atomic E-state index is 11.4. The molecule has 1 heterocycles. The van der Waals surface area contributed by atoms with Crippen molar-refractivity contribution in [3.8, 4) is 12.3 Å². The van der Waals surface area contributed by atoms with E-state index in [9.17, 15) is 4.79 Å². The van der Waals surface area contributed by atoms with Gasteiger partial charge in [-0.05, 0) is 20.3 Å². The molecule has 1 aliphatic heterocycles. The van der Waals surface area contributed by atoms with Crippen LogP contribution in [0.5, 0.6) is 0 Å². The summed E-state index contributed by atoms with van der Waals surface area (Å²) in [6, 6.07) is -0.118. The molecule has 0 aliphatic carbocycles. The van der Waals surface area contributed by atoms with Gasteiger partial charge in [-0.15, -0.1) is 6.42 Å². The molecule has 1 saturated heterocycles. The molecule has 2 N–H and O–H groups in total. The molecule has 1 atom stereocenters. The summed E-state index contributed by atoms with van der Waals surface area (Å²) in [4.78, 5) is 11.4. The summed E-state index contributed by atoms with van der Waals surface area (Å²) < 4.78 is 5.13. The van der Waals surface area contributed by atoms with Crippen LogP contribution in [0.15, 0.2) is 0 Å². The minimum Gasteiger partial charge on any atom is -0.379 e. The zero-order chi connectivity index (χ0) is 10.6. The molecule has 78 valence electrons. The van der Waals surface area contributed by atoms with Crippen LogP contribution in [0.2, 0.25) is 0 Å². The fourth-order valence-electron chi connectivity index (χ4n) is 1.19. The van der Waals surface area contributed by atoms with Crippen LogP contribution in [0.3, 0.4) is 0 Å². The standard InChI is InChI=1S/C10H16N2O2/c1-4-10(2,3)12-9(13)11-8-5-6-14-7-8/h1,8H,5-7H2,2-3H3,(H2,11,12,13). The minimum absolute atomic E-state index is 0.114. The third-order valence-electron chi connectivity index (χ3n) is 2.05. The van der Waals surface area contributed by atoms with Crippen LogP contribution < -0.4 is 10.6 Å². The van der Waals surface area contributed by atoms with Crippen molar-refractivity contribution < 1.29 is 9.53 Å². The number of terminal acetylenes is 1. The van der Waals surface area contributed by atoms with Crippen molar-refractivity contribution in [1.29, 1.82) is 0 Å². The van der Waals surface area contributed by atoms with Crippen LogP contribution in [0.25, 0.3) is 0 Å². The van der Waals surface area contributed by atoms with Crippen molar-refractivity contribution in [1.82, 2.24) is 10.6 Å². The first-order chi connectivity index (χ1) is 6.53. The highest BCUT2D eigenvalue weighted by Gasteiger charge is 2.21. The Kier molecular flexibility index (Phi) is 3.37. The van der Waals surface area contributed by atoms with Gasteiger partial charge in [-0.25, -0.2) is 4.79 Å². The number of rotatable bonds is 2. The first kappa shape index (κ1) is 10.9. The van der Waals surface area contributed by atoms with E-state index in [1.54, 1.807) is 13.8 Å². The molecule has 0 saturated carbocycles. The number of amides is 2. The highest BCUT2D eigenvalue weighted by molar-refractivity contribution is 5.75. The van der Waals surface area contributed by atoms with Crippen molar-refractivity contribution in [2.75, 3.05) is 13.2 Å². The quantitative estimate of drug-likeness (QED) is 0.631. The molecule has 1 unspecified atom stereocenters. The molecule has 4 heteroatoms. The second-order valence-corrected chi connectivity index (χ2v) is 3.93. The number of ether oxygens (including phenoxy) is 1. The second kappa shape index (κ2) is 4.34. The van der Waals surface area contributed by atoms with E-state index in [1.165, 1.54) is 0 Å². The average molecular weight is 196 g/mol. The van der Waals surface area contributed by atoms with Crippen LogP contribution in [-0.2, 0) is 4.74 Å². The lowest BCUT2D eigenvalue weighted by molar-refractivity contribution is 0.188. The third kappa shape index (κ3) is 3.27. The van der Waals surface area contributed by atoms with Crippen LogP contribution in [0.4, 0.5) is 4.79 Å². The lowest BCUT2D eigenvalue weighted by atomic mass is 10.1. The normalized spacial score (nSPS) is 21.4. The monoisotopic (exact) mass is 196 g/mol. The summed E-state index contributed by atoms with van der Waals surface area (Å²) >= 11 is 0. The molecule has 14 heavy (non-hydrogen) atoms. The van der Waals surface area contributed by atoms with Gasteiger partial charge >= 0.3 is 6.03 Å². The van der Waals surface area contributed by atoms with Gasteiger partial charge in [-0.3, -0.25) is 0 Å². The maximum atomic E-state index is 11.4. The number of urea groups is 1. The second-order valence-electron chi connectivity index (χ2n) is 3.93. The van der Waals surface area contributed by atoms with Crippen molar-refractivity contribution in [2.45, 2.75) is 31.8 Å². The van der Waals surface area contributed by atoms with Gasteiger partial charge in [-0.2, -0.15) is 0 Å². The molecule has 4 nitrogen and oxygen atoms in total. The van der Waals surface area contributed by atoms with E-state index in [4.69, 9.17) is 11.2 Å². The van der Waals surface area contributed by atoms with Gasteiger partial charge in [0.25, 0.3) is 0 Å². The Morgan fingerprint density at radius 2 is 2.36 bits per heavy atom. The third-order valence-corrected chi connectivity index (χ3v) is 2.05. The molecule has 1 fully saturated rings. The van der Waals surface area contributed by atoms with Gasteiger partial charge in [0, 0.05) is 6.61 Å². The Hall–Kier alpha value is -1.21. The van der Waals surface area contributed by atoms with Crippen LogP contribution in [-0.4, -0.2) is 30.8 Å². The fourth-order valence-corrected chi connectivity index (χ4v) is 1.19. The summed E-state index contributed by atoms with van der Waals surface area (Å²) in [6.07, 6.45) is 6.11. The Bertz CT molecular complexity index is 249. The molecule has 0 aromatic rings. The molecule has 0 spiro atoms. The number of nitrogens with one attached hydrogen (secondary N) is 2. The van der Waals surface area contributed by atoms with Gasteiger partial charge in [0.1, 0.15) is 0 Å². The van der Waals surface area contributed by atoms with Crippen molar-refractivity contribution in [2.24, 2.45) is 0 Å². The van der Waals surface area contributed by atoms with E-state index in [-0.39, 0.29) is 12.1 Å². The molecule has 0 aromatic carbocycles. The van der Waals surface area contributed by atoms with Gasteiger partial charge in [0.05, 0.1) is 18.2 Å². The zero-order valence-electron chi connectivity index (χ0n) is 8.59. The van der Waals surface area contributed by atoms with E-state index in [2.05, 4.69) is 16.6 Å². The van der Waals surface area contributed by atoms with Crippen LogP contribution in [0, 0.1) is 12.3 Å². The number of hydrogen-bond acceptors (Lipinski definition) is 2. The summed E-state index contributed by atoms with van der Waals surface area (Å²) in [5.74, 6) is 2.49. The van der Waals surface area contributed by atoms with E-state index < -0.39 is 5.54 Å². The van der Waals surface area contributed by atoms with Crippen LogP contribution >= 0.6 is 0 Å². The molecule has 1 aliphatic rings. The Balaban J connectivity index is 2.32. The van der Waals surface area contributed by atoms with Crippen molar-refractivity contribution >= 4 is 6.03 Å². The summed E-state index contributed by atoms with van der Waals surface area (Å²) in [5, 5.41) is 5.49. The highest BCUT2D eigenvalue weighted by Crippen LogP contribution is 2.04. The van der Waals surface area contributed by atoms with Gasteiger partial charge in [-0.1, -0.05) is 5.92 Å². The van der Waals surface area contributed by atoms with Crippen molar-refractivity contribution in [3.05, 3.63) is 0 Å². The fraction of sp³-hybridized carbons (Fsp3) is 0.700. The summed E-state index contributed by atoms with van der Waals surface area (Å²) in [5.41, 5.74) is -0.608. The first-order valence-corrected chi connectivity index (χ1v) is 4.68. The average Bonchev–Trinajstić information content (AvgIpc) is 2.55. The Morgan fingerprint density at radius 1 is 1.64 bits per heavy atom. The SMILES string of the molecule is C#CC(C)(C)NC(=O)NC1CCOC1. The lowest BCUT2D eigenvalue weighted by Crippen LogP contribution is -2.50. The number of carbonyl (C=O) groups excluding carboxylic acids is 1. The molecular weight excluding hydrogens is 180 g/mol. The predicted molar refractivity (Wildman–Crippen MR) is 53.8 cm³/mol. The zero-order valence-corrected chi connectivity index (χ0v) is 8.59. The van der Waals surface area contributed by atoms with E-state index in [0.717, 1.165) is 6.42 Å². The van der Waals surface area contributed by atoms with E-state index in [1.807, 2.05) is 0 Å². The highest BCUT2D eigenvalue weighted by atomic mass is 16.5. The van der Waals surface area contributed by atoms with Gasteiger partial charge in [0.15, 0.2) is 0 Å². The molecule has 0 aromatic heterocycles. The molecule has 0 bridgehead atoms. The minimum atomic E-state index is -0.608. The smallest absolute Gasteiger partial charge is 0.316 e. The molecular formula is C10H16N2O2. The Morgan fingerprint density at radius 3 is 2.86 bits per heavy atom. The number of carbonyl (C=O) groups is 1. The van der Waals surface area contributed by atoms with Gasteiger partial charge in [0.2, 0.25) is 0 Å². The number of hydrogen-bond donors (Lipinski definition) is 2. The lowest BCUT2D eigenvalue weighted by Gasteiger charge is -2.21. The summed E-state index contributed by atoms with van der Waals surface area (Å²) in [7, 11) is 0.